The summed E-state index contributed by atoms with van der Waals surface area (Å²) in [6, 6.07) is 0.385. The monoisotopic (exact) mass is 213 g/mol. The number of hydrogen-bond acceptors (Lipinski definition) is 5. The molecule has 5 nitrogen and oxygen atoms in total. The fourth-order valence-electron chi connectivity index (χ4n) is 1.41. The quantitative estimate of drug-likeness (QED) is 0.667. The molecule has 2 heterocycles. The molecule has 1 atom stereocenters. The van der Waals surface area contributed by atoms with Crippen molar-refractivity contribution in [3.8, 4) is 0 Å². The molecule has 1 aromatic rings. The molecule has 1 saturated heterocycles. The first-order valence-corrected chi connectivity index (χ1v) is 4.89. The minimum atomic E-state index is 0.315. The van der Waals surface area contributed by atoms with Gasteiger partial charge in [0.1, 0.15) is 10.8 Å². The maximum absolute atomic E-state index is 5.71. The Morgan fingerprint density at radius 3 is 3.14 bits per heavy atom. The fourth-order valence-corrected chi connectivity index (χ4v) is 1.50. The SMILES string of the molecule is Nc1nc(NC2CCNC2)ncc1Cl. The predicted molar refractivity (Wildman–Crippen MR) is 56.4 cm³/mol. The van der Waals surface area contributed by atoms with Gasteiger partial charge in [0.05, 0.1) is 6.20 Å². The molecule has 0 radical (unpaired) electrons. The van der Waals surface area contributed by atoms with Gasteiger partial charge in [-0.2, -0.15) is 4.98 Å². The Hall–Kier alpha value is -1.07. The lowest BCUT2D eigenvalue weighted by Gasteiger charge is -2.10. The number of anilines is 2. The van der Waals surface area contributed by atoms with Crippen LogP contribution in [0, 0.1) is 0 Å². The number of nitrogens with one attached hydrogen (secondary N) is 2. The van der Waals surface area contributed by atoms with Crippen LogP contribution in [-0.4, -0.2) is 29.1 Å². The molecule has 0 aliphatic carbocycles. The molecule has 0 spiro atoms. The van der Waals surface area contributed by atoms with E-state index in [1.54, 1.807) is 0 Å². The van der Waals surface area contributed by atoms with E-state index in [0.717, 1.165) is 19.5 Å². The van der Waals surface area contributed by atoms with Crippen molar-refractivity contribution < 1.29 is 0 Å². The number of hydrogen-bond donors (Lipinski definition) is 3. The Labute approximate surface area is 87.1 Å². The molecule has 1 aromatic heterocycles. The first kappa shape index (κ1) is 9.48. The maximum atomic E-state index is 5.71. The van der Waals surface area contributed by atoms with Gasteiger partial charge in [0.25, 0.3) is 0 Å². The molecule has 6 heteroatoms. The zero-order valence-electron chi connectivity index (χ0n) is 7.63. The molecular formula is C8H12ClN5. The molecule has 4 N–H and O–H groups in total. The van der Waals surface area contributed by atoms with E-state index in [4.69, 9.17) is 17.3 Å². The van der Waals surface area contributed by atoms with Crippen molar-refractivity contribution in [3.63, 3.8) is 0 Å². The van der Waals surface area contributed by atoms with E-state index in [-0.39, 0.29) is 0 Å². The van der Waals surface area contributed by atoms with Crippen LogP contribution in [0.5, 0.6) is 0 Å². The van der Waals surface area contributed by atoms with Crippen LogP contribution in [0.25, 0.3) is 0 Å². The third kappa shape index (κ3) is 2.05. The predicted octanol–water partition coefficient (Wildman–Crippen LogP) is 0.486. The Bertz CT molecular complexity index is 324. The van der Waals surface area contributed by atoms with Crippen molar-refractivity contribution in [2.45, 2.75) is 12.5 Å². The normalized spacial score (nSPS) is 21.1. The van der Waals surface area contributed by atoms with Crippen LogP contribution in [0.2, 0.25) is 5.02 Å². The molecular weight excluding hydrogens is 202 g/mol. The van der Waals surface area contributed by atoms with Crippen LogP contribution in [-0.2, 0) is 0 Å². The number of nitrogens with two attached hydrogens (primary N) is 1. The van der Waals surface area contributed by atoms with Gasteiger partial charge in [0.15, 0.2) is 0 Å². The highest BCUT2D eigenvalue weighted by Crippen LogP contribution is 2.16. The summed E-state index contributed by atoms with van der Waals surface area (Å²) < 4.78 is 0. The standard InChI is InChI=1S/C8H12ClN5/c9-6-4-12-8(14-7(6)10)13-5-1-2-11-3-5/h4-5,11H,1-3H2,(H3,10,12,13,14). The summed E-state index contributed by atoms with van der Waals surface area (Å²) in [5.74, 6) is 0.857. The Kier molecular flexibility index (Phi) is 2.69. The molecule has 1 fully saturated rings. The molecule has 1 aliphatic heterocycles. The molecule has 0 aromatic carbocycles. The second kappa shape index (κ2) is 3.98. The largest absolute Gasteiger partial charge is 0.382 e. The smallest absolute Gasteiger partial charge is 0.224 e. The summed E-state index contributed by atoms with van der Waals surface area (Å²) in [7, 11) is 0. The number of nitrogen functional groups attached to an aromatic ring is 1. The highest BCUT2D eigenvalue weighted by atomic mass is 35.5. The summed E-state index contributed by atoms with van der Waals surface area (Å²) in [5, 5.41) is 6.82. The summed E-state index contributed by atoms with van der Waals surface area (Å²) in [4.78, 5) is 8.07. The molecule has 0 saturated carbocycles. The highest BCUT2D eigenvalue weighted by Gasteiger charge is 2.15. The van der Waals surface area contributed by atoms with Crippen LogP contribution in [0.1, 0.15) is 6.42 Å². The molecule has 1 aliphatic rings. The Morgan fingerprint density at radius 1 is 1.64 bits per heavy atom. The lowest BCUT2D eigenvalue weighted by Crippen LogP contribution is -2.23. The average molecular weight is 214 g/mol. The first-order valence-electron chi connectivity index (χ1n) is 4.51. The van der Waals surface area contributed by atoms with E-state index in [0.29, 0.717) is 22.8 Å². The minimum Gasteiger partial charge on any atom is -0.382 e. The lowest BCUT2D eigenvalue weighted by molar-refractivity contribution is 0.781. The lowest BCUT2D eigenvalue weighted by atomic mass is 10.3. The number of rotatable bonds is 2. The summed E-state index contributed by atoms with van der Waals surface area (Å²) in [5.41, 5.74) is 5.56. The van der Waals surface area contributed by atoms with E-state index < -0.39 is 0 Å². The molecule has 1 unspecified atom stereocenters. The van der Waals surface area contributed by atoms with Crippen LogP contribution in [0.15, 0.2) is 6.20 Å². The fraction of sp³-hybridized carbons (Fsp3) is 0.500. The molecule has 14 heavy (non-hydrogen) atoms. The van der Waals surface area contributed by atoms with Crippen molar-refractivity contribution in [2.24, 2.45) is 0 Å². The van der Waals surface area contributed by atoms with E-state index in [2.05, 4.69) is 20.6 Å². The minimum absolute atomic E-state index is 0.315. The van der Waals surface area contributed by atoms with Crippen molar-refractivity contribution in [1.82, 2.24) is 15.3 Å². The molecule has 76 valence electrons. The summed E-state index contributed by atoms with van der Waals surface area (Å²) in [6.45, 7) is 1.96. The van der Waals surface area contributed by atoms with Gasteiger partial charge in [-0.1, -0.05) is 11.6 Å². The van der Waals surface area contributed by atoms with E-state index >= 15 is 0 Å². The Morgan fingerprint density at radius 2 is 2.50 bits per heavy atom. The van der Waals surface area contributed by atoms with Crippen molar-refractivity contribution >= 4 is 23.4 Å². The summed E-state index contributed by atoms with van der Waals surface area (Å²) in [6.07, 6.45) is 2.58. The van der Waals surface area contributed by atoms with Gasteiger partial charge < -0.3 is 16.4 Å². The Balaban J connectivity index is 2.05. The number of nitrogens with zero attached hydrogens (tertiary/aromatic N) is 2. The molecule has 0 amide bonds. The van der Waals surface area contributed by atoms with Gasteiger partial charge >= 0.3 is 0 Å². The number of aromatic nitrogens is 2. The zero-order valence-corrected chi connectivity index (χ0v) is 8.38. The second-order valence-electron chi connectivity index (χ2n) is 3.26. The third-order valence-electron chi connectivity index (χ3n) is 2.16. The molecule has 0 bridgehead atoms. The summed E-state index contributed by atoms with van der Waals surface area (Å²) >= 11 is 5.71. The third-order valence-corrected chi connectivity index (χ3v) is 2.46. The van der Waals surface area contributed by atoms with E-state index in [1.165, 1.54) is 6.20 Å². The van der Waals surface area contributed by atoms with Crippen LogP contribution >= 0.6 is 11.6 Å². The first-order chi connectivity index (χ1) is 6.75. The van der Waals surface area contributed by atoms with Crippen LogP contribution in [0.3, 0.4) is 0 Å². The maximum Gasteiger partial charge on any atom is 0.224 e. The van der Waals surface area contributed by atoms with E-state index in [9.17, 15) is 0 Å². The second-order valence-corrected chi connectivity index (χ2v) is 3.67. The number of halogens is 1. The zero-order chi connectivity index (χ0) is 9.97. The van der Waals surface area contributed by atoms with Crippen LogP contribution in [0.4, 0.5) is 11.8 Å². The highest BCUT2D eigenvalue weighted by molar-refractivity contribution is 6.32. The van der Waals surface area contributed by atoms with Gasteiger partial charge in [-0.05, 0) is 13.0 Å². The van der Waals surface area contributed by atoms with Gasteiger partial charge in [0.2, 0.25) is 5.95 Å². The van der Waals surface area contributed by atoms with Gasteiger partial charge in [-0.25, -0.2) is 4.98 Å². The van der Waals surface area contributed by atoms with Crippen molar-refractivity contribution in [2.75, 3.05) is 24.1 Å². The van der Waals surface area contributed by atoms with E-state index in [1.807, 2.05) is 0 Å². The topological polar surface area (TPSA) is 75.9 Å². The average Bonchev–Trinajstić information content (AvgIpc) is 2.64. The van der Waals surface area contributed by atoms with Crippen LogP contribution < -0.4 is 16.4 Å². The van der Waals surface area contributed by atoms with Gasteiger partial charge in [0, 0.05) is 12.6 Å². The van der Waals surface area contributed by atoms with Crippen molar-refractivity contribution in [1.29, 1.82) is 0 Å². The van der Waals surface area contributed by atoms with Gasteiger partial charge in [-0.3, -0.25) is 0 Å². The van der Waals surface area contributed by atoms with Crippen molar-refractivity contribution in [3.05, 3.63) is 11.2 Å². The van der Waals surface area contributed by atoms with Gasteiger partial charge in [-0.15, -0.1) is 0 Å². The molecule has 2 rings (SSSR count).